The second-order valence-corrected chi connectivity index (χ2v) is 12.3. The molecule has 0 saturated carbocycles. The number of hydrogen-bond acceptors (Lipinski definition) is 3. The standard InChI is InChI=1S/C43H30N2O2/c1-29-26-27-34-36(28-29)43(33-22-12-5-13-23-33)42(32-20-10-4-11-21-32,45-40(34)44-37-25-15-14-24-35(37)41(45)46)38(30-16-6-2-7-17-30)39(47-43)31-18-8-3-9-19-31/h2-28H,1H3/t42-,43-/m1/s1. The highest BCUT2D eigenvalue weighted by Gasteiger charge is 2.69. The SMILES string of the molecule is Cc1ccc2c(c1)[C@@]1(c3ccccc3)OC(c3ccccc3)=C(c3ccccc3)[C@@]1(c1ccccc1)n1c-2nc2ccccc2c1=O. The molecule has 4 nitrogen and oxygen atoms in total. The van der Waals surface area contributed by atoms with Crippen LogP contribution in [0.25, 0.3) is 33.6 Å². The van der Waals surface area contributed by atoms with E-state index in [9.17, 15) is 0 Å². The molecule has 224 valence electrons. The summed E-state index contributed by atoms with van der Waals surface area (Å²) < 4.78 is 9.70. The zero-order valence-electron chi connectivity index (χ0n) is 25.8. The van der Waals surface area contributed by atoms with Crippen molar-refractivity contribution in [3.8, 4) is 11.4 Å². The minimum absolute atomic E-state index is 0.118. The number of benzene rings is 6. The van der Waals surface area contributed by atoms with E-state index in [0.29, 0.717) is 16.7 Å². The fourth-order valence-corrected chi connectivity index (χ4v) is 7.90. The molecule has 7 aromatic rings. The van der Waals surface area contributed by atoms with Crippen LogP contribution in [-0.2, 0) is 15.9 Å². The predicted molar refractivity (Wildman–Crippen MR) is 188 cm³/mol. The predicted octanol–water partition coefficient (Wildman–Crippen LogP) is 8.97. The van der Waals surface area contributed by atoms with E-state index in [0.717, 1.165) is 50.3 Å². The van der Waals surface area contributed by atoms with Gasteiger partial charge >= 0.3 is 0 Å². The Bertz CT molecular complexity index is 2400. The van der Waals surface area contributed by atoms with Crippen molar-refractivity contribution in [3.63, 3.8) is 0 Å². The summed E-state index contributed by atoms with van der Waals surface area (Å²) in [5.74, 6) is 1.34. The number of para-hydroxylation sites is 1. The first kappa shape index (κ1) is 27.3. The number of hydrogen-bond donors (Lipinski definition) is 0. The van der Waals surface area contributed by atoms with Crippen molar-refractivity contribution in [2.24, 2.45) is 0 Å². The Kier molecular flexibility index (Phi) is 5.97. The molecule has 4 heteroatoms. The summed E-state index contributed by atoms with van der Waals surface area (Å²) in [7, 11) is 0. The second-order valence-electron chi connectivity index (χ2n) is 12.3. The summed E-state index contributed by atoms with van der Waals surface area (Å²) in [6, 6.07) is 55.5. The Morgan fingerprint density at radius 3 is 1.87 bits per heavy atom. The highest BCUT2D eigenvalue weighted by atomic mass is 16.5. The number of ether oxygens (including phenoxy) is 1. The molecular weight excluding hydrogens is 576 g/mol. The molecule has 2 aliphatic heterocycles. The molecule has 0 aliphatic carbocycles. The van der Waals surface area contributed by atoms with Gasteiger partial charge < -0.3 is 4.74 Å². The number of nitrogens with zero attached hydrogens (tertiary/aromatic N) is 2. The van der Waals surface area contributed by atoms with Gasteiger partial charge in [0.25, 0.3) is 5.56 Å². The van der Waals surface area contributed by atoms with Crippen LogP contribution in [0.5, 0.6) is 0 Å². The molecule has 0 spiro atoms. The summed E-state index contributed by atoms with van der Waals surface area (Å²) in [4.78, 5) is 20.7. The average molecular weight is 607 g/mol. The lowest BCUT2D eigenvalue weighted by Crippen LogP contribution is -2.59. The molecule has 0 fully saturated rings. The highest BCUT2D eigenvalue weighted by Crippen LogP contribution is 2.68. The number of fused-ring (bicyclic) bond motifs is 7. The summed E-state index contributed by atoms with van der Waals surface area (Å²) in [5, 5.41) is 0.560. The van der Waals surface area contributed by atoms with E-state index in [1.54, 1.807) is 0 Å². The third-order valence-electron chi connectivity index (χ3n) is 9.73. The minimum atomic E-state index is -1.22. The molecule has 47 heavy (non-hydrogen) atoms. The van der Waals surface area contributed by atoms with Crippen LogP contribution in [0.2, 0.25) is 0 Å². The van der Waals surface area contributed by atoms with Crippen molar-refractivity contribution in [1.29, 1.82) is 0 Å². The minimum Gasteiger partial charge on any atom is -0.473 e. The maximum absolute atomic E-state index is 15.4. The monoisotopic (exact) mass is 606 g/mol. The Labute approximate surface area is 272 Å². The molecule has 2 aliphatic rings. The Balaban J connectivity index is 1.61. The van der Waals surface area contributed by atoms with Gasteiger partial charge in [-0.05, 0) is 30.2 Å². The van der Waals surface area contributed by atoms with Crippen LogP contribution in [0.4, 0.5) is 0 Å². The van der Waals surface area contributed by atoms with Crippen LogP contribution in [0.1, 0.15) is 33.4 Å². The third kappa shape index (κ3) is 3.64. The van der Waals surface area contributed by atoms with Gasteiger partial charge in [0.15, 0.2) is 11.1 Å². The van der Waals surface area contributed by atoms with Gasteiger partial charge in [0, 0.05) is 27.8 Å². The van der Waals surface area contributed by atoms with Crippen molar-refractivity contribution in [2.45, 2.75) is 18.1 Å². The van der Waals surface area contributed by atoms with Crippen LogP contribution >= 0.6 is 0 Å². The second kappa shape index (κ2) is 10.3. The van der Waals surface area contributed by atoms with Gasteiger partial charge in [0.1, 0.15) is 11.6 Å². The molecule has 0 saturated heterocycles. The number of aryl methyl sites for hydroxylation is 1. The van der Waals surface area contributed by atoms with E-state index in [1.807, 2.05) is 77.4 Å². The third-order valence-corrected chi connectivity index (χ3v) is 9.73. The van der Waals surface area contributed by atoms with Crippen molar-refractivity contribution in [3.05, 3.63) is 208 Å². The lowest BCUT2D eigenvalue weighted by molar-refractivity contribution is 0.0232. The van der Waals surface area contributed by atoms with E-state index >= 15 is 4.79 Å². The van der Waals surface area contributed by atoms with Gasteiger partial charge in [-0.3, -0.25) is 9.36 Å². The molecule has 0 N–H and O–H groups in total. The van der Waals surface area contributed by atoms with Crippen LogP contribution in [0.15, 0.2) is 169 Å². The lowest BCUT2D eigenvalue weighted by Gasteiger charge is -2.52. The Hall–Kier alpha value is -6.00. The molecule has 6 aromatic carbocycles. The number of rotatable bonds is 4. The number of aromatic nitrogens is 2. The van der Waals surface area contributed by atoms with Gasteiger partial charge in [-0.1, -0.05) is 157 Å². The lowest BCUT2D eigenvalue weighted by atomic mass is 9.60. The van der Waals surface area contributed by atoms with E-state index in [1.165, 1.54) is 0 Å². The molecule has 0 unspecified atom stereocenters. The molecule has 0 radical (unpaired) electrons. The maximum atomic E-state index is 15.4. The topological polar surface area (TPSA) is 44.1 Å². The highest BCUT2D eigenvalue weighted by molar-refractivity contribution is 6.00. The average Bonchev–Trinajstić information content (AvgIpc) is 3.47. The summed E-state index contributed by atoms with van der Waals surface area (Å²) in [5.41, 5.74) is 5.75. The quantitative estimate of drug-likeness (QED) is 0.201. The first-order valence-corrected chi connectivity index (χ1v) is 15.9. The van der Waals surface area contributed by atoms with Crippen LogP contribution in [0.3, 0.4) is 0 Å². The molecule has 3 heterocycles. The molecule has 9 rings (SSSR count). The summed E-state index contributed by atoms with van der Waals surface area (Å²) in [6.45, 7) is 2.11. The van der Waals surface area contributed by atoms with Gasteiger partial charge in [-0.2, -0.15) is 0 Å². The summed E-state index contributed by atoms with van der Waals surface area (Å²) >= 11 is 0. The van der Waals surface area contributed by atoms with Gasteiger partial charge in [0.2, 0.25) is 0 Å². The zero-order valence-corrected chi connectivity index (χ0v) is 25.8. The normalized spacial score (nSPS) is 19.5. The van der Waals surface area contributed by atoms with Crippen LogP contribution in [0, 0.1) is 6.92 Å². The maximum Gasteiger partial charge on any atom is 0.262 e. The largest absolute Gasteiger partial charge is 0.473 e. The molecule has 0 amide bonds. The molecule has 2 atom stereocenters. The smallest absolute Gasteiger partial charge is 0.262 e. The first-order valence-electron chi connectivity index (χ1n) is 15.9. The summed E-state index contributed by atoms with van der Waals surface area (Å²) in [6.07, 6.45) is 0. The van der Waals surface area contributed by atoms with E-state index in [-0.39, 0.29) is 5.56 Å². The molecular formula is C43H30N2O2. The Morgan fingerprint density at radius 2 is 1.19 bits per heavy atom. The fourth-order valence-electron chi connectivity index (χ4n) is 7.90. The van der Waals surface area contributed by atoms with Gasteiger partial charge in [-0.15, -0.1) is 0 Å². The molecule has 0 bridgehead atoms. The van der Waals surface area contributed by atoms with E-state index in [2.05, 4.69) is 97.9 Å². The van der Waals surface area contributed by atoms with Crippen molar-refractivity contribution in [1.82, 2.24) is 9.55 Å². The van der Waals surface area contributed by atoms with Crippen molar-refractivity contribution < 1.29 is 4.74 Å². The molecule has 1 aromatic heterocycles. The zero-order chi connectivity index (χ0) is 31.6. The van der Waals surface area contributed by atoms with E-state index < -0.39 is 11.1 Å². The van der Waals surface area contributed by atoms with E-state index in [4.69, 9.17) is 9.72 Å². The van der Waals surface area contributed by atoms with Crippen LogP contribution < -0.4 is 5.56 Å². The fraction of sp³-hybridized carbons (Fsp3) is 0.0698. The van der Waals surface area contributed by atoms with Gasteiger partial charge in [-0.25, -0.2) is 4.98 Å². The van der Waals surface area contributed by atoms with Crippen molar-refractivity contribution >= 4 is 22.2 Å². The van der Waals surface area contributed by atoms with Gasteiger partial charge in [0.05, 0.1) is 10.9 Å². The first-order chi connectivity index (χ1) is 23.1. The van der Waals surface area contributed by atoms with Crippen molar-refractivity contribution in [2.75, 3.05) is 0 Å². The van der Waals surface area contributed by atoms with Crippen LogP contribution in [-0.4, -0.2) is 9.55 Å². The Morgan fingerprint density at radius 1 is 0.617 bits per heavy atom.